The highest BCUT2D eigenvalue weighted by molar-refractivity contribution is 5.84. The van der Waals surface area contributed by atoms with Crippen LogP contribution >= 0.6 is 0 Å². The lowest BCUT2D eigenvalue weighted by molar-refractivity contribution is 0.351. The van der Waals surface area contributed by atoms with Gasteiger partial charge in [-0.25, -0.2) is 0 Å². The molecule has 0 amide bonds. The second kappa shape index (κ2) is 2.36. The van der Waals surface area contributed by atoms with E-state index in [4.69, 9.17) is 0 Å². The molecular weight excluding hydrogens is 160 g/mol. The fraction of sp³-hybridized carbons (Fsp3) is 0.273. The highest BCUT2D eigenvalue weighted by Gasteiger charge is 2.19. The van der Waals surface area contributed by atoms with Gasteiger partial charge in [-0.15, -0.1) is 0 Å². The maximum atomic E-state index is 3.46. The lowest BCUT2D eigenvalue weighted by atomic mass is 10.1. The molecule has 1 aliphatic heterocycles. The average molecular weight is 172 g/mol. The predicted molar refractivity (Wildman–Crippen MR) is 53.5 cm³/mol. The molecule has 3 rings (SSSR count). The standard InChI is InChI=1S/C11H12N2/c1-13-6-9-8-4-2-3-5-10(8)12-11(9)7-13/h2-5,12H,6-7H2,1H3. The summed E-state index contributed by atoms with van der Waals surface area (Å²) in [5.41, 5.74) is 4.16. The Bertz CT molecular complexity index is 456. The first kappa shape index (κ1) is 7.15. The molecule has 2 heteroatoms. The van der Waals surface area contributed by atoms with E-state index in [2.05, 4.69) is 41.2 Å². The van der Waals surface area contributed by atoms with Gasteiger partial charge in [-0.3, -0.25) is 4.90 Å². The number of H-pyrrole nitrogens is 1. The zero-order valence-corrected chi connectivity index (χ0v) is 7.67. The average Bonchev–Trinajstić information content (AvgIpc) is 2.60. The number of nitrogens with zero attached hydrogens (tertiary/aromatic N) is 1. The van der Waals surface area contributed by atoms with Crippen LogP contribution in [0.1, 0.15) is 11.3 Å². The monoisotopic (exact) mass is 172 g/mol. The highest BCUT2D eigenvalue weighted by atomic mass is 15.1. The summed E-state index contributed by atoms with van der Waals surface area (Å²) in [6.45, 7) is 2.14. The van der Waals surface area contributed by atoms with Crippen LogP contribution in [0.25, 0.3) is 10.9 Å². The SMILES string of the molecule is CN1Cc2[nH]c3ccccc3c2C1. The van der Waals surface area contributed by atoms with E-state index in [0.717, 1.165) is 13.1 Å². The Morgan fingerprint density at radius 2 is 2.08 bits per heavy atom. The molecule has 66 valence electrons. The Labute approximate surface area is 77.2 Å². The van der Waals surface area contributed by atoms with Crippen LogP contribution in [0.5, 0.6) is 0 Å². The molecule has 0 fully saturated rings. The second-order valence-corrected chi connectivity index (χ2v) is 3.80. The third-order valence-corrected chi connectivity index (χ3v) is 2.76. The molecule has 0 unspecified atom stereocenters. The lowest BCUT2D eigenvalue weighted by Gasteiger charge is -2.04. The van der Waals surface area contributed by atoms with Gasteiger partial charge in [0.2, 0.25) is 0 Å². The molecule has 13 heavy (non-hydrogen) atoms. The van der Waals surface area contributed by atoms with Crippen molar-refractivity contribution in [3.8, 4) is 0 Å². The lowest BCUT2D eigenvalue weighted by Crippen LogP contribution is -2.08. The van der Waals surface area contributed by atoms with Crippen molar-refractivity contribution in [1.82, 2.24) is 9.88 Å². The van der Waals surface area contributed by atoms with Crippen molar-refractivity contribution in [2.75, 3.05) is 7.05 Å². The molecule has 1 aromatic heterocycles. The summed E-state index contributed by atoms with van der Waals surface area (Å²) in [5.74, 6) is 0. The molecule has 2 aromatic rings. The van der Waals surface area contributed by atoms with Crippen LogP contribution < -0.4 is 0 Å². The van der Waals surface area contributed by atoms with Gasteiger partial charge in [0.1, 0.15) is 0 Å². The van der Waals surface area contributed by atoms with E-state index in [1.165, 1.54) is 22.2 Å². The van der Waals surface area contributed by atoms with Crippen molar-refractivity contribution in [3.63, 3.8) is 0 Å². The quantitative estimate of drug-likeness (QED) is 0.645. The fourth-order valence-electron chi connectivity index (χ4n) is 2.17. The van der Waals surface area contributed by atoms with Gasteiger partial charge in [-0.1, -0.05) is 18.2 Å². The molecule has 1 N–H and O–H groups in total. The van der Waals surface area contributed by atoms with E-state index in [-0.39, 0.29) is 0 Å². The minimum atomic E-state index is 1.06. The number of rotatable bonds is 0. The number of para-hydroxylation sites is 1. The smallest absolute Gasteiger partial charge is 0.0459 e. The first-order valence-corrected chi connectivity index (χ1v) is 4.61. The van der Waals surface area contributed by atoms with E-state index in [9.17, 15) is 0 Å². The van der Waals surface area contributed by atoms with Gasteiger partial charge in [0.15, 0.2) is 0 Å². The Kier molecular flexibility index (Phi) is 1.30. The third-order valence-electron chi connectivity index (χ3n) is 2.76. The largest absolute Gasteiger partial charge is 0.357 e. The van der Waals surface area contributed by atoms with Crippen molar-refractivity contribution in [2.24, 2.45) is 0 Å². The summed E-state index contributed by atoms with van der Waals surface area (Å²) >= 11 is 0. The van der Waals surface area contributed by atoms with Crippen LogP contribution in [0.2, 0.25) is 0 Å². The number of hydrogen-bond acceptors (Lipinski definition) is 1. The van der Waals surface area contributed by atoms with Gasteiger partial charge in [-0.2, -0.15) is 0 Å². The van der Waals surface area contributed by atoms with Crippen molar-refractivity contribution in [2.45, 2.75) is 13.1 Å². The normalized spacial score (nSPS) is 16.7. The zero-order chi connectivity index (χ0) is 8.84. The molecular formula is C11H12N2. The molecule has 0 bridgehead atoms. The van der Waals surface area contributed by atoms with E-state index in [0.29, 0.717) is 0 Å². The molecule has 0 saturated heterocycles. The molecule has 1 aliphatic rings. The van der Waals surface area contributed by atoms with Crippen molar-refractivity contribution < 1.29 is 0 Å². The van der Waals surface area contributed by atoms with Gasteiger partial charge in [-0.05, 0) is 18.7 Å². The van der Waals surface area contributed by atoms with Gasteiger partial charge >= 0.3 is 0 Å². The maximum absolute atomic E-state index is 3.46. The highest BCUT2D eigenvalue weighted by Crippen LogP contribution is 2.28. The fourth-order valence-corrected chi connectivity index (χ4v) is 2.17. The van der Waals surface area contributed by atoms with Gasteiger partial charge in [0.25, 0.3) is 0 Å². The van der Waals surface area contributed by atoms with E-state index >= 15 is 0 Å². The minimum absolute atomic E-state index is 1.06. The molecule has 2 nitrogen and oxygen atoms in total. The summed E-state index contributed by atoms with van der Waals surface area (Å²) in [4.78, 5) is 5.79. The molecule has 0 atom stereocenters. The molecule has 0 spiro atoms. The number of nitrogens with one attached hydrogen (secondary N) is 1. The molecule has 2 heterocycles. The predicted octanol–water partition coefficient (Wildman–Crippen LogP) is 2.11. The van der Waals surface area contributed by atoms with Crippen LogP contribution in [0.3, 0.4) is 0 Å². The van der Waals surface area contributed by atoms with E-state index in [1.54, 1.807) is 0 Å². The van der Waals surface area contributed by atoms with Crippen molar-refractivity contribution in [3.05, 3.63) is 35.5 Å². The number of aromatic amines is 1. The molecule has 0 radical (unpaired) electrons. The van der Waals surface area contributed by atoms with E-state index in [1.807, 2.05) is 0 Å². The number of fused-ring (bicyclic) bond motifs is 3. The number of hydrogen-bond donors (Lipinski definition) is 1. The zero-order valence-electron chi connectivity index (χ0n) is 7.67. The topological polar surface area (TPSA) is 19.0 Å². The molecule has 1 aromatic carbocycles. The summed E-state index contributed by atoms with van der Waals surface area (Å²) in [7, 11) is 2.16. The Balaban J connectivity index is 2.31. The van der Waals surface area contributed by atoms with Crippen LogP contribution in [-0.2, 0) is 13.1 Å². The van der Waals surface area contributed by atoms with Gasteiger partial charge in [0.05, 0.1) is 0 Å². The summed E-state index contributed by atoms with van der Waals surface area (Å²) in [6, 6.07) is 8.53. The Morgan fingerprint density at radius 3 is 3.00 bits per heavy atom. The van der Waals surface area contributed by atoms with Crippen molar-refractivity contribution >= 4 is 10.9 Å². The first-order valence-electron chi connectivity index (χ1n) is 4.61. The van der Waals surface area contributed by atoms with Crippen LogP contribution in [0.4, 0.5) is 0 Å². The number of aromatic nitrogens is 1. The van der Waals surface area contributed by atoms with Crippen LogP contribution in [0.15, 0.2) is 24.3 Å². The first-order chi connectivity index (χ1) is 6.34. The maximum Gasteiger partial charge on any atom is 0.0459 e. The molecule has 0 aliphatic carbocycles. The Morgan fingerprint density at radius 1 is 1.23 bits per heavy atom. The van der Waals surface area contributed by atoms with Gasteiger partial charge < -0.3 is 4.98 Å². The Hall–Kier alpha value is -1.28. The van der Waals surface area contributed by atoms with Crippen LogP contribution in [-0.4, -0.2) is 16.9 Å². The number of benzene rings is 1. The minimum Gasteiger partial charge on any atom is -0.357 e. The molecule has 0 saturated carbocycles. The third kappa shape index (κ3) is 0.923. The van der Waals surface area contributed by atoms with Crippen molar-refractivity contribution in [1.29, 1.82) is 0 Å². The van der Waals surface area contributed by atoms with Gasteiger partial charge in [0, 0.05) is 29.7 Å². The summed E-state index contributed by atoms with van der Waals surface area (Å²) in [6.07, 6.45) is 0. The summed E-state index contributed by atoms with van der Waals surface area (Å²) in [5, 5.41) is 1.39. The second-order valence-electron chi connectivity index (χ2n) is 3.80. The van der Waals surface area contributed by atoms with E-state index < -0.39 is 0 Å². The van der Waals surface area contributed by atoms with Crippen LogP contribution in [0, 0.1) is 0 Å². The summed E-state index contributed by atoms with van der Waals surface area (Å²) < 4.78 is 0.